The highest BCUT2D eigenvalue weighted by Crippen LogP contribution is 2.03. The van der Waals surface area contributed by atoms with E-state index in [0.717, 1.165) is 25.7 Å². The summed E-state index contributed by atoms with van der Waals surface area (Å²) in [5.74, 6) is -1.53. The molecule has 0 aliphatic carbocycles. The molecular formula is C11H21NO4. The second-order valence-corrected chi connectivity index (χ2v) is 3.93. The number of nitrogens with one attached hydrogen (secondary N) is 1. The Morgan fingerprint density at radius 1 is 1.25 bits per heavy atom. The summed E-state index contributed by atoms with van der Waals surface area (Å²) in [5, 5.41) is 20.2. The Hall–Kier alpha value is -1.10. The molecular weight excluding hydrogens is 210 g/mol. The fourth-order valence-corrected chi connectivity index (χ4v) is 1.35. The molecule has 0 radical (unpaired) electrons. The average Bonchev–Trinajstić information content (AvgIpc) is 2.20. The summed E-state index contributed by atoms with van der Waals surface area (Å²) in [5.41, 5.74) is 0. The molecule has 0 aromatic carbocycles. The smallest absolute Gasteiger partial charge is 0.328 e. The lowest BCUT2D eigenvalue weighted by Crippen LogP contribution is -2.47. The molecule has 0 rings (SSSR count). The zero-order valence-corrected chi connectivity index (χ0v) is 9.90. The maximum absolute atomic E-state index is 11.3. The Morgan fingerprint density at radius 3 is 2.31 bits per heavy atom. The van der Waals surface area contributed by atoms with E-state index in [1.165, 1.54) is 6.92 Å². The van der Waals surface area contributed by atoms with Crippen molar-refractivity contribution in [3.63, 3.8) is 0 Å². The molecule has 94 valence electrons. The Balaban J connectivity index is 3.87. The number of hydrogen-bond acceptors (Lipinski definition) is 3. The number of hydrogen-bond donors (Lipinski definition) is 3. The molecule has 0 bridgehead atoms. The number of carbonyl (C=O) groups is 2. The van der Waals surface area contributed by atoms with Gasteiger partial charge in [-0.05, 0) is 13.3 Å². The molecule has 0 spiro atoms. The van der Waals surface area contributed by atoms with E-state index >= 15 is 0 Å². The molecule has 0 saturated carbocycles. The van der Waals surface area contributed by atoms with Crippen molar-refractivity contribution in [2.45, 2.75) is 58.1 Å². The van der Waals surface area contributed by atoms with Crippen molar-refractivity contribution in [2.24, 2.45) is 0 Å². The number of unbranched alkanes of at least 4 members (excludes halogenated alkanes) is 3. The van der Waals surface area contributed by atoms with E-state index < -0.39 is 18.1 Å². The summed E-state index contributed by atoms with van der Waals surface area (Å²) >= 11 is 0. The lowest BCUT2D eigenvalue weighted by molar-refractivity contribution is -0.144. The van der Waals surface area contributed by atoms with E-state index in [1.807, 2.05) is 0 Å². The van der Waals surface area contributed by atoms with Crippen molar-refractivity contribution in [1.82, 2.24) is 5.32 Å². The molecule has 5 heteroatoms. The average molecular weight is 231 g/mol. The summed E-state index contributed by atoms with van der Waals surface area (Å²) < 4.78 is 0. The Kier molecular flexibility index (Phi) is 7.54. The first-order valence-electron chi connectivity index (χ1n) is 5.69. The summed E-state index contributed by atoms with van der Waals surface area (Å²) in [6.07, 6.45) is 3.12. The third-order valence-electron chi connectivity index (χ3n) is 2.32. The molecule has 1 amide bonds. The van der Waals surface area contributed by atoms with Gasteiger partial charge in [-0.25, -0.2) is 4.79 Å². The predicted molar refractivity (Wildman–Crippen MR) is 60.0 cm³/mol. The number of carbonyl (C=O) groups excluding carboxylic acids is 1. The minimum absolute atomic E-state index is 0.315. The molecule has 16 heavy (non-hydrogen) atoms. The van der Waals surface area contributed by atoms with Crippen LogP contribution in [-0.4, -0.2) is 34.2 Å². The molecule has 0 saturated heterocycles. The number of aliphatic hydroxyl groups is 1. The van der Waals surface area contributed by atoms with Crippen molar-refractivity contribution in [1.29, 1.82) is 0 Å². The number of aliphatic carboxylic acids is 1. The fourth-order valence-electron chi connectivity index (χ4n) is 1.35. The molecule has 5 nitrogen and oxygen atoms in total. The van der Waals surface area contributed by atoms with Crippen LogP contribution in [0.25, 0.3) is 0 Å². The Labute approximate surface area is 95.9 Å². The van der Waals surface area contributed by atoms with Gasteiger partial charge in [0.2, 0.25) is 5.91 Å². The van der Waals surface area contributed by atoms with E-state index in [1.54, 1.807) is 0 Å². The van der Waals surface area contributed by atoms with Gasteiger partial charge in [-0.15, -0.1) is 0 Å². The lowest BCUT2D eigenvalue weighted by atomic mass is 10.1. The molecule has 2 atom stereocenters. The zero-order chi connectivity index (χ0) is 12.6. The maximum Gasteiger partial charge on any atom is 0.328 e. The number of carboxylic acid groups (broad SMARTS) is 1. The van der Waals surface area contributed by atoms with Crippen molar-refractivity contribution in [3.05, 3.63) is 0 Å². The normalized spacial score (nSPS) is 14.2. The summed E-state index contributed by atoms with van der Waals surface area (Å²) in [4.78, 5) is 22.0. The lowest BCUT2D eigenvalue weighted by Gasteiger charge is -2.16. The second-order valence-electron chi connectivity index (χ2n) is 3.93. The third-order valence-corrected chi connectivity index (χ3v) is 2.32. The van der Waals surface area contributed by atoms with Crippen LogP contribution in [0.1, 0.15) is 46.0 Å². The van der Waals surface area contributed by atoms with Gasteiger partial charge in [0.05, 0.1) is 6.10 Å². The fraction of sp³-hybridized carbons (Fsp3) is 0.818. The topological polar surface area (TPSA) is 86.6 Å². The quantitative estimate of drug-likeness (QED) is 0.542. The van der Waals surface area contributed by atoms with E-state index in [0.29, 0.717) is 6.42 Å². The van der Waals surface area contributed by atoms with E-state index in [4.69, 9.17) is 10.2 Å². The van der Waals surface area contributed by atoms with E-state index in [-0.39, 0.29) is 5.91 Å². The molecule has 0 fully saturated rings. The van der Waals surface area contributed by atoms with Crippen LogP contribution in [0.3, 0.4) is 0 Å². The first kappa shape index (κ1) is 14.9. The van der Waals surface area contributed by atoms with Crippen LogP contribution in [0, 0.1) is 0 Å². The number of carboxylic acids is 1. The van der Waals surface area contributed by atoms with Gasteiger partial charge in [-0.2, -0.15) is 0 Å². The molecule has 0 unspecified atom stereocenters. The van der Waals surface area contributed by atoms with Gasteiger partial charge in [0.25, 0.3) is 0 Å². The third kappa shape index (κ3) is 6.40. The molecule has 0 aromatic heterocycles. The van der Waals surface area contributed by atoms with Gasteiger partial charge < -0.3 is 15.5 Å². The first-order valence-corrected chi connectivity index (χ1v) is 5.69. The van der Waals surface area contributed by atoms with Gasteiger partial charge in [0.15, 0.2) is 6.04 Å². The highest BCUT2D eigenvalue weighted by Gasteiger charge is 2.24. The van der Waals surface area contributed by atoms with Gasteiger partial charge in [0, 0.05) is 6.42 Å². The van der Waals surface area contributed by atoms with Crippen LogP contribution in [0.2, 0.25) is 0 Å². The van der Waals surface area contributed by atoms with Crippen LogP contribution in [-0.2, 0) is 9.59 Å². The number of amides is 1. The molecule has 0 aliphatic heterocycles. The van der Waals surface area contributed by atoms with Gasteiger partial charge in [0.1, 0.15) is 0 Å². The van der Waals surface area contributed by atoms with Gasteiger partial charge in [-0.1, -0.05) is 26.2 Å². The largest absolute Gasteiger partial charge is 0.480 e. The standard InChI is InChI=1S/C11H21NO4/c1-3-4-5-6-7-9(14)12-10(8(2)13)11(15)16/h8,10,13H,3-7H2,1-2H3,(H,12,14)(H,15,16)/t8-,10-/m0/s1. The van der Waals surface area contributed by atoms with Gasteiger partial charge >= 0.3 is 5.97 Å². The molecule has 0 aliphatic rings. The van der Waals surface area contributed by atoms with Gasteiger partial charge in [-0.3, -0.25) is 4.79 Å². The van der Waals surface area contributed by atoms with Crippen molar-refractivity contribution in [3.8, 4) is 0 Å². The minimum Gasteiger partial charge on any atom is -0.480 e. The van der Waals surface area contributed by atoms with Crippen LogP contribution in [0.15, 0.2) is 0 Å². The SMILES string of the molecule is CCCCCCC(=O)N[C@H](C(=O)O)[C@H](C)O. The summed E-state index contributed by atoms with van der Waals surface area (Å²) in [6.45, 7) is 3.42. The Morgan fingerprint density at radius 2 is 1.88 bits per heavy atom. The number of aliphatic hydroxyl groups excluding tert-OH is 1. The van der Waals surface area contributed by atoms with Crippen molar-refractivity contribution >= 4 is 11.9 Å². The molecule has 3 N–H and O–H groups in total. The van der Waals surface area contributed by atoms with Crippen LogP contribution >= 0.6 is 0 Å². The van der Waals surface area contributed by atoms with Crippen LogP contribution in [0.4, 0.5) is 0 Å². The summed E-state index contributed by atoms with van der Waals surface area (Å²) in [7, 11) is 0. The van der Waals surface area contributed by atoms with Crippen LogP contribution in [0.5, 0.6) is 0 Å². The van der Waals surface area contributed by atoms with E-state index in [2.05, 4.69) is 12.2 Å². The van der Waals surface area contributed by atoms with Crippen molar-refractivity contribution in [2.75, 3.05) is 0 Å². The zero-order valence-electron chi connectivity index (χ0n) is 9.90. The second kappa shape index (κ2) is 8.10. The monoisotopic (exact) mass is 231 g/mol. The molecule has 0 aromatic rings. The number of rotatable bonds is 8. The van der Waals surface area contributed by atoms with Crippen LogP contribution < -0.4 is 5.32 Å². The predicted octanol–water partition coefficient (Wildman–Crippen LogP) is 0.907. The molecule has 0 heterocycles. The summed E-state index contributed by atoms with van der Waals surface area (Å²) in [6, 6.07) is -1.21. The first-order chi connectivity index (χ1) is 7.49. The Bertz CT molecular complexity index is 228. The van der Waals surface area contributed by atoms with E-state index in [9.17, 15) is 9.59 Å². The van der Waals surface area contributed by atoms with Crippen molar-refractivity contribution < 1.29 is 19.8 Å². The highest BCUT2D eigenvalue weighted by molar-refractivity contribution is 5.83. The minimum atomic E-state index is -1.21. The maximum atomic E-state index is 11.3. The highest BCUT2D eigenvalue weighted by atomic mass is 16.4.